The molecule has 0 radical (unpaired) electrons. The van der Waals surface area contributed by atoms with Crippen LogP contribution in [-0.4, -0.2) is 10.9 Å². The minimum atomic E-state index is -0.177. The fourth-order valence-electron chi connectivity index (χ4n) is 1.26. The summed E-state index contributed by atoms with van der Waals surface area (Å²) in [5.74, 6) is 0.325. The molecule has 0 fully saturated rings. The quantitative estimate of drug-likeness (QED) is 0.895. The summed E-state index contributed by atoms with van der Waals surface area (Å²) >= 11 is 4.69. The van der Waals surface area contributed by atoms with Crippen LogP contribution in [0.3, 0.4) is 0 Å². The number of aryl methyl sites for hydroxylation is 1. The number of thiophene rings is 1. The van der Waals surface area contributed by atoms with Gasteiger partial charge in [0.1, 0.15) is 10.7 Å². The summed E-state index contributed by atoms with van der Waals surface area (Å²) in [6.07, 6.45) is 1.54. The third-order valence-corrected chi connectivity index (χ3v) is 4.05. The Morgan fingerprint density at radius 3 is 2.94 bits per heavy atom. The van der Waals surface area contributed by atoms with Crippen LogP contribution in [0, 0.1) is 6.92 Å². The predicted molar refractivity (Wildman–Crippen MR) is 73.4 cm³/mol. The van der Waals surface area contributed by atoms with E-state index in [1.165, 1.54) is 17.5 Å². The minimum absolute atomic E-state index is 0.177. The Labute approximate surface area is 111 Å². The Morgan fingerprint density at radius 1 is 1.59 bits per heavy atom. The third kappa shape index (κ3) is 2.65. The van der Waals surface area contributed by atoms with Gasteiger partial charge < -0.3 is 11.1 Å². The molecule has 0 aromatic carbocycles. The van der Waals surface area contributed by atoms with E-state index in [0.717, 1.165) is 10.0 Å². The summed E-state index contributed by atoms with van der Waals surface area (Å²) in [5.41, 5.74) is 7.16. The highest BCUT2D eigenvalue weighted by Gasteiger charge is 2.12. The number of halogens is 1. The number of aromatic nitrogens is 1. The van der Waals surface area contributed by atoms with Crippen molar-refractivity contribution in [1.29, 1.82) is 0 Å². The van der Waals surface area contributed by atoms with Crippen molar-refractivity contribution in [2.24, 2.45) is 0 Å². The number of rotatable bonds is 2. The van der Waals surface area contributed by atoms with Crippen LogP contribution in [0.2, 0.25) is 0 Å². The van der Waals surface area contributed by atoms with E-state index in [1.54, 1.807) is 6.07 Å². The van der Waals surface area contributed by atoms with E-state index in [-0.39, 0.29) is 5.91 Å². The molecule has 2 rings (SSSR count). The highest BCUT2D eigenvalue weighted by molar-refractivity contribution is 9.10. The lowest BCUT2D eigenvalue weighted by Gasteiger charge is -2.05. The third-order valence-electron chi connectivity index (χ3n) is 2.22. The number of amides is 1. The monoisotopic (exact) mass is 311 g/mol. The number of carbonyl (C=O) groups is 1. The van der Waals surface area contributed by atoms with Gasteiger partial charge in [0.15, 0.2) is 0 Å². The van der Waals surface area contributed by atoms with Crippen LogP contribution in [0.25, 0.3) is 0 Å². The van der Waals surface area contributed by atoms with E-state index in [1.807, 2.05) is 18.4 Å². The molecular formula is C11H10BrN3OS. The summed E-state index contributed by atoms with van der Waals surface area (Å²) in [4.78, 5) is 16.6. The molecule has 2 heterocycles. The van der Waals surface area contributed by atoms with E-state index >= 15 is 0 Å². The fraction of sp³-hybridized carbons (Fsp3) is 0.0909. The average molecular weight is 312 g/mol. The van der Waals surface area contributed by atoms with Gasteiger partial charge >= 0.3 is 0 Å². The van der Waals surface area contributed by atoms with E-state index in [2.05, 4.69) is 26.2 Å². The van der Waals surface area contributed by atoms with Crippen molar-refractivity contribution in [3.8, 4) is 0 Å². The average Bonchev–Trinajstić information content (AvgIpc) is 2.70. The molecule has 0 unspecified atom stereocenters. The maximum absolute atomic E-state index is 11.9. The van der Waals surface area contributed by atoms with E-state index in [9.17, 15) is 4.79 Å². The first kappa shape index (κ1) is 12.1. The first-order chi connectivity index (χ1) is 8.08. The van der Waals surface area contributed by atoms with Gasteiger partial charge in [0.25, 0.3) is 5.91 Å². The van der Waals surface area contributed by atoms with E-state index in [0.29, 0.717) is 16.4 Å². The second kappa shape index (κ2) is 4.85. The second-order valence-corrected chi connectivity index (χ2v) is 5.25. The summed E-state index contributed by atoms with van der Waals surface area (Å²) in [5, 5.41) is 4.58. The molecule has 2 aromatic heterocycles. The van der Waals surface area contributed by atoms with Crippen molar-refractivity contribution in [3.05, 3.63) is 38.6 Å². The molecule has 3 N–H and O–H groups in total. The smallest absolute Gasteiger partial charge is 0.268 e. The summed E-state index contributed by atoms with van der Waals surface area (Å²) in [7, 11) is 0. The molecule has 0 aliphatic carbocycles. The lowest BCUT2D eigenvalue weighted by Crippen LogP contribution is -2.12. The SMILES string of the molecule is Cc1cc(NC(=O)c2sccc2Br)ncc1N. The van der Waals surface area contributed by atoms with Crippen LogP contribution in [0.1, 0.15) is 15.2 Å². The number of hydrogen-bond donors (Lipinski definition) is 2. The van der Waals surface area contributed by atoms with Crippen LogP contribution in [0.15, 0.2) is 28.2 Å². The zero-order valence-corrected chi connectivity index (χ0v) is 11.4. The molecule has 6 heteroatoms. The molecular weight excluding hydrogens is 302 g/mol. The highest BCUT2D eigenvalue weighted by atomic mass is 79.9. The number of nitrogens with two attached hydrogens (primary N) is 1. The molecule has 1 amide bonds. The largest absolute Gasteiger partial charge is 0.397 e. The van der Waals surface area contributed by atoms with Crippen molar-refractivity contribution in [3.63, 3.8) is 0 Å². The zero-order chi connectivity index (χ0) is 12.4. The standard InChI is InChI=1S/C11H10BrN3OS/c1-6-4-9(14-5-8(6)13)15-11(16)10-7(12)2-3-17-10/h2-5H,13H2,1H3,(H,14,15,16). The van der Waals surface area contributed by atoms with Gasteiger partial charge in [0.2, 0.25) is 0 Å². The molecule has 0 saturated carbocycles. The van der Waals surface area contributed by atoms with Gasteiger partial charge in [-0.3, -0.25) is 4.79 Å². The van der Waals surface area contributed by atoms with Crippen molar-refractivity contribution >= 4 is 44.7 Å². The van der Waals surface area contributed by atoms with Crippen LogP contribution >= 0.6 is 27.3 Å². The summed E-state index contributed by atoms with van der Waals surface area (Å²) in [6.45, 7) is 1.87. The Morgan fingerprint density at radius 2 is 2.35 bits per heavy atom. The number of pyridine rings is 1. The number of nitrogen functional groups attached to an aromatic ring is 1. The van der Waals surface area contributed by atoms with Crippen molar-refractivity contribution in [2.45, 2.75) is 6.92 Å². The van der Waals surface area contributed by atoms with E-state index in [4.69, 9.17) is 5.73 Å². The Balaban J connectivity index is 2.19. The van der Waals surface area contributed by atoms with Crippen LogP contribution in [0.4, 0.5) is 11.5 Å². The van der Waals surface area contributed by atoms with Crippen molar-refractivity contribution in [1.82, 2.24) is 4.98 Å². The normalized spacial score (nSPS) is 10.2. The van der Waals surface area contributed by atoms with Gasteiger partial charge in [-0.25, -0.2) is 4.98 Å². The molecule has 0 spiro atoms. The number of carbonyl (C=O) groups excluding carboxylic acids is 1. The van der Waals surface area contributed by atoms with Gasteiger partial charge in [-0.1, -0.05) is 0 Å². The molecule has 4 nitrogen and oxygen atoms in total. The van der Waals surface area contributed by atoms with Crippen LogP contribution in [0.5, 0.6) is 0 Å². The topological polar surface area (TPSA) is 68.0 Å². The maximum atomic E-state index is 11.9. The fourth-order valence-corrected chi connectivity index (χ4v) is 2.71. The minimum Gasteiger partial charge on any atom is -0.397 e. The molecule has 17 heavy (non-hydrogen) atoms. The molecule has 0 aliphatic heterocycles. The number of nitrogens with zero attached hydrogens (tertiary/aromatic N) is 1. The number of hydrogen-bond acceptors (Lipinski definition) is 4. The van der Waals surface area contributed by atoms with Gasteiger partial charge in [-0.2, -0.15) is 0 Å². The van der Waals surface area contributed by atoms with Gasteiger partial charge in [0, 0.05) is 4.47 Å². The maximum Gasteiger partial charge on any atom is 0.268 e. The van der Waals surface area contributed by atoms with Gasteiger partial charge in [-0.15, -0.1) is 11.3 Å². The molecule has 0 saturated heterocycles. The lowest BCUT2D eigenvalue weighted by molar-refractivity contribution is 0.102. The molecule has 0 atom stereocenters. The lowest BCUT2D eigenvalue weighted by atomic mass is 10.2. The summed E-state index contributed by atoms with van der Waals surface area (Å²) < 4.78 is 0.784. The van der Waals surface area contributed by atoms with Crippen molar-refractivity contribution < 1.29 is 4.79 Å². The van der Waals surface area contributed by atoms with Gasteiger partial charge in [0.05, 0.1) is 11.9 Å². The summed E-state index contributed by atoms with van der Waals surface area (Å²) in [6, 6.07) is 3.58. The Bertz CT molecular complexity index is 568. The predicted octanol–water partition coefficient (Wildman–Crippen LogP) is 3.05. The first-order valence-electron chi connectivity index (χ1n) is 4.84. The van der Waals surface area contributed by atoms with E-state index < -0.39 is 0 Å². The first-order valence-corrected chi connectivity index (χ1v) is 6.51. The van der Waals surface area contributed by atoms with Gasteiger partial charge in [-0.05, 0) is 45.9 Å². The number of nitrogens with one attached hydrogen (secondary N) is 1. The molecule has 88 valence electrons. The highest BCUT2D eigenvalue weighted by Crippen LogP contribution is 2.23. The number of anilines is 2. The zero-order valence-electron chi connectivity index (χ0n) is 9.03. The molecule has 2 aromatic rings. The van der Waals surface area contributed by atoms with Crippen molar-refractivity contribution in [2.75, 3.05) is 11.1 Å². The Kier molecular flexibility index (Phi) is 3.44. The molecule has 0 aliphatic rings. The van der Waals surface area contributed by atoms with Crippen LogP contribution in [-0.2, 0) is 0 Å². The molecule has 0 bridgehead atoms. The second-order valence-electron chi connectivity index (χ2n) is 3.48. The van der Waals surface area contributed by atoms with Crippen LogP contribution < -0.4 is 11.1 Å². The Hall–Kier alpha value is -1.40.